The molecule has 1 aromatic carbocycles. The van der Waals surface area contributed by atoms with Gasteiger partial charge < -0.3 is 10.1 Å². The number of thiophene rings is 1. The molecule has 4 rings (SSSR count). The zero-order valence-electron chi connectivity index (χ0n) is 16.2. The molecule has 5 heteroatoms. The first kappa shape index (κ1) is 18.9. The van der Waals surface area contributed by atoms with Gasteiger partial charge in [0.05, 0.1) is 6.61 Å². The van der Waals surface area contributed by atoms with Gasteiger partial charge in [-0.15, -0.1) is 11.3 Å². The van der Waals surface area contributed by atoms with E-state index < -0.39 is 0 Å². The first-order valence-electron chi connectivity index (χ1n) is 9.83. The number of Topliss-reactive ketones (excluding diaryl/α,β-unsaturated/α-hetero) is 1. The van der Waals surface area contributed by atoms with Gasteiger partial charge in [-0.25, -0.2) is 0 Å². The number of hydrogen-bond donors (Lipinski definition) is 1. The molecule has 1 N–H and O–H groups in total. The molecule has 0 radical (unpaired) electrons. The fourth-order valence-corrected chi connectivity index (χ4v) is 4.86. The summed E-state index contributed by atoms with van der Waals surface area (Å²) in [5.41, 5.74) is 2.75. The quantitative estimate of drug-likeness (QED) is 0.792. The van der Waals surface area contributed by atoms with Crippen molar-refractivity contribution in [3.05, 3.63) is 63.5 Å². The molecule has 1 aliphatic carbocycles. The first-order valence-corrected chi connectivity index (χ1v) is 10.7. The average Bonchev–Trinajstić information content (AvgIpc) is 3.20. The molecule has 0 bridgehead atoms. The van der Waals surface area contributed by atoms with Crippen molar-refractivity contribution in [3.63, 3.8) is 0 Å². The molecule has 2 aliphatic rings. The van der Waals surface area contributed by atoms with Crippen molar-refractivity contribution in [3.8, 4) is 5.75 Å². The molecule has 0 saturated heterocycles. The van der Waals surface area contributed by atoms with Crippen LogP contribution in [0.5, 0.6) is 5.75 Å². The lowest BCUT2D eigenvalue weighted by molar-refractivity contribution is -0.122. The molecule has 0 fully saturated rings. The molecule has 2 aromatic rings. The number of allylic oxidation sites excluding steroid dienone is 2. The summed E-state index contributed by atoms with van der Waals surface area (Å²) in [5, 5.41) is 4.99. The standard InChI is InChI=1S/C23H25NO3S/c1-14(2)13-27-17-7-5-15(6-8-17)16-10-19-23(20(25)11-16)18(12-22(26)24-19)21-4-3-9-28-21/h3-9,14,16,18H,10-13H2,1-2H3,(H,24,26). The van der Waals surface area contributed by atoms with Crippen LogP contribution in [0.2, 0.25) is 0 Å². The number of hydrogen-bond acceptors (Lipinski definition) is 4. The van der Waals surface area contributed by atoms with Crippen LogP contribution in [-0.4, -0.2) is 18.3 Å². The second kappa shape index (κ2) is 7.92. The normalized spacial score (nSPS) is 22.2. The Balaban J connectivity index is 1.56. The molecule has 4 nitrogen and oxygen atoms in total. The molecule has 28 heavy (non-hydrogen) atoms. The van der Waals surface area contributed by atoms with Crippen LogP contribution in [0.15, 0.2) is 53.0 Å². The van der Waals surface area contributed by atoms with Gasteiger partial charge in [-0.2, -0.15) is 0 Å². The first-order chi connectivity index (χ1) is 13.5. The predicted molar refractivity (Wildman–Crippen MR) is 111 cm³/mol. The maximum atomic E-state index is 13.0. The summed E-state index contributed by atoms with van der Waals surface area (Å²) in [5.74, 6) is 1.49. The van der Waals surface area contributed by atoms with Crippen LogP contribution >= 0.6 is 11.3 Å². The third-order valence-electron chi connectivity index (χ3n) is 5.36. The summed E-state index contributed by atoms with van der Waals surface area (Å²) >= 11 is 1.61. The van der Waals surface area contributed by atoms with E-state index in [1.165, 1.54) is 0 Å². The van der Waals surface area contributed by atoms with Gasteiger partial charge in [0.1, 0.15) is 5.75 Å². The minimum absolute atomic E-state index is 0.00281. The molecule has 2 atom stereocenters. The number of benzene rings is 1. The summed E-state index contributed by atoms with van der Waals surface area (Å²) < 4.78 is 5.75. The molecular weight excluding hydrogens is 370 g/mol. The minimum atomic E-state index is -0.0935. The van der Waals surface area contributed by atoms with Crippen molar-refractivity contribution >= 4 is 23.0 Å². The van der Waals surface area contributed by atoms with Crippen molar-refractivity contribution < 1.29 is 14.3 Å². The molecule has 146 valence electrons. The summed E-state index contributed by atoms with van der Waals surface area (Å²) in [7, 11) is 0. The summed E-state index contributed by atoms with van der Waals surface area (Å²) in [6, 6.07) is 12.0. The Hall–Kier alpha value is -2.40. The monoisotopic (exact) mass is 395 g/mol. The van der Waals surface area contributed by atoms with E-state index in [4.69, 9.17) is 4.74 Å². The Kier molecular flexibility index (Phi) is 5.36. The Morgan fingerprint density at radius 3 is 2.57 bits per heavy atom. The van der Waals surface area contributed by atoms with E-state index in [1.807, 2.05) is 41.8 Å². The van der Waals surface area contributed by atoms with Gasteiger partial charge in [0.25, 0.3) is 0 Å². The fraction of sp³-hybridized carbons (Fsp3) is 0.391. The highest BCUT2D eigenvalue weighted by Crippen LogP contribution is 2.43. The molecule has 2 heterocycles. The highest BCUT2D eigenvalue weighted by molar-refractivity contribution is 7.10. The molecule has 2 unspecified atom stereocenters. The largest absolute Gasteiger partial charge is 0.493 e. The average molecular weight is 396 g/mol. The van der Waals surface area contributed by atoms with Crippen molar-refractivity contribution in [1.82, 2.24) is 5.32 Å². The number of carbonyl (C=O) groups is 2. The van der Waals surface area contributed by atoms with E-state index >= 15 is 0 Å². The number of ether oxygens (including phenoxy) is 1. The number of amides is 1. The number of rotatable bonds is 5. The lowest BCUT2D eigenvalue weighted by Crippen LogP contribution is -2.37. The van der Waals surface area contributed by atoms with Crippen LogP contribution in [0, 0.1) is 5.92 Å². The van der Waals surface area contributed by atoms with Gasteiger partial charge in [0.15, 0.2) is 5.78 Å². The fourth-order valence-electron chi connectivity index (χ4n) is 4.03. The second-order valence-electron chi connectivity index (χ2n) is 8.01. The number of nitrogens with one attached hydrogen (secondary N) is 1. The van der Waals surface area contributed by atoms with Crippen LogP contribution in [0.3, 0.4) is 0 Å². The van der Waals surface area contributed by atoms with Crippen molar-refractivity contribution in [1.29, 1.82) is 0 Å². The predicted octanol–water partition coefficient (Wildman–Crippen LogP) is 4.79. The smallest absolute Gasteiger partial charge is 0.225 e. The lowest BCUT2D eigenvalue weighted by atomic mass is 9.75. The Morgan fingerprint density at radius 1 is 1.11 bits per heavy atom. The van der Waals surface area contributed by atoms with Crippen LogP contribution in [0.1, 0.15) is 55.4 Å². The molecule has 0 saturated carbocycles. The molecule has 1 amide bonds. The Labute approximate surface area is 169 Å². The minimum Gasteiger partial charge on any atom is -0.493 e. The second-order valence-corrected chi connectivity index (χ2v) is 8.99. The third kappa shape index (κ3) is 3.90. The van der Waals surface area contributed by atoms with Crippen molar-refractivity contribution in [2.75, 3.05) is 6.61 Å². The maximum absolute atomic E-state index is 13.0. The topological polar surface area (TPSA) is 55.4 Å². The van der Waals surface area contributed by atoms with Gasteiger partial charge in [-0.1, -0.05) is 32.0 Å². The Morgan fingerprint density at radius 2 is 1.89 bits per heavy atom. The zero-order valence-corrected chi connectivity index (χ0v) is 17.1. The van der Waals surface area contributed by atoms with Crippen molar-refractivity contribution in [2.24, 2.45) is 5.92 Å². The molecule has 1 aliphatic heterocycles. The van der Waals surface area contributed by atoms with Crippen LogP contribution < -0.4 is 10.1 Å². The van der Waals surface area contributed by atoms with E-state index in [0.29, 0.717) is 31.8 Å². The lowest BCUT2D eigenvalue weighted by Gasteiger charge is -2.34. The van der Waals surface area contributed by atoms with E-state index in [0.717, 1.165) is 27.5 Å². The zero-order chi connectivity index (χ0) is 19.7. The van der Waals surface area contributed by atoms with E-state index in [9.17, 15) is 9.59 Å². The van der Waals surface area contributed by atoms with Gasteiger partial charge in [-0.05, 0) is 47.4 Å². The SMILES string of the molecule is CC(C)COc1ccc(C2CC(=O)C3=C(C2)NC(=O)CC3c2cccs2)cc1. The van der Waals surface area contributed by atoms with E-state index in [1.54, 1.807) is 11.3 Å². The highest BCUT2D eigenvalue weighted by Gasteiger charge is 2.38. The van der Waals surface area contributed by atoms with Crippen LogP contribution in [-0.2, 0) is 9.59 Å². The Bertz CT molecular complexity index is 896. The summed E-state index contributed by atoms with van der Waals surface area (Å²) in [6.07, 6.45) is 1.54. The summed E-state index contributed by atoms with van der Waals surface area (Å²) in [6.45, 7) is 4.93. The van der Waals surface area contributed by atoms with Crippen LogP contribution in [0.4, 0.5) is 0 Å². The van der Waals surface area contributed by atoms with Crippen LogP contribution in [0.25, 0.3) is 0 Å². The molecule has 1 aromatic heterocycles. The van der Waals surface area contributed by atoms with Gasteiger partial charge in [0.2, 0.25) is 5.91 Å². The third-order valence-corrected chi connectivity index (χ3v) is 6.34. The highest BCUT2D eigenvalue weighted by atomic mass is 32.1. The van der Waals surface area contributed by atoms with E-state index in [2.05, 4.69) is 19.2 Å². The number of ketones is 1. The van der Waals surface area contributed by atoms with Crippen molar-refractivity contribution in [2.45, 2.75) is 44.9 Å². The van der Waals surface area contributed by atoms with Gasteiger partial charge in [-0.3, -0.25) is 9.59 Å². The maximum Gasteiger partial charge on any atom is 0.225 e. The van der Waals surface area contributed by atoms with E-state index in [-0.39, 0.29) is 23.5 Å². The molecule has 0 spiro atoms. The number of carbonyl (C=O) groups excluding carboxylic acids is 2. The summed E-state index contributed by atoms with van der Waals surface area (Å²) in [4.78, 5) is 26.4. The molecular formula is C23H25NO3S. The van der Waals surface area contributed by atoms with Gasteiger partial charge >= 0.3 is 0 Å². The van der Waals surface area contributed by atoms with Gasteiger partial charge in [0, 0.05) is 34.9 Å².